The molecule has 0 amide bonds. The molecule has 1 aliphatic rings. The first kappa shape index (κ1) is 16.8. The third kappa shape index (κ3) is 3.40. The van der Waals surface area contributed by atoms with Crippen LogP contribution >= 0.6 is 0 Å². The molecule has 1 aromatic carbocycles. The topological polar surface area (TPSA) is 45.3 Å². The van der Waals surface area contributed by atoms with Gasteiger partial charge in [0, 0.05) is 23.1 Å². The van der Waals surface area contributed by atoms with E-state index in [1.807, 2.05) is 24.4 Å². The van der Waals surface area contributed by atoms with E-state index in [2.05, 4.69) is 4.98 Å². The number of hydrogen-bond donors (Lipinski definition) is 1. The van der Waals surface area contributed by atoms with Gasteiger partial charge in [0.05, 0.1) is 13.7 Å². The molecule has 2 heterocycles. The molecule has 0 spiro atoms. The zero-order valence-corrected chi connectivity index (χ0v) is 13.3. The minimum atomic E-state index is -4.76. The fourth-order valence-corrected chi connectivity index (χ4v) is 3.32. The lowest BCUT2D eigenvalue weighted by Crippen LogP contribution is -2.40. The van der Waals surface area contributed by atoms with Crippen LogP contribution in [0.4, 0.5) is 13.2 Å². The van der Waals surface area contributed by atoms with Crippen LogP contribution in [-0.4, -0.2) is 48.1 Å². The summed E-state index contributed by atoms with van der Waals surface area (Å²) in [6.07, 6.45) is -0.672. The van der Waals surface area contributed by atoms with Crippen LogP contribution in [0.3, 0.4) is 0 Å². The van der Waals surface area contributed by atoms with Gasteiger partial charge in [-0.25, -0.2) is 0 Å². The van der Waals surface area contributed by atoms with Gasteiger partial charge < -0.3 is 9.72 Å². The normalized spacial score (nSPS) is 19.1. The first-order valence-electron chi connectivity index (χ1n) is 7.86. The standard InChI is InChI=1S/C17H19F3N2O2/c1-24-13-4-5-15-14(8-13)11(9-21-15)7-12-3-2-6-22(12)10-16(23)17(18,19)20/h4-5,8-9,12,21H,2-3,6-7,10H2,1H3/t12-/m1/s1. The van der Waals surface area contributed by atoms with Crippen molar-refractivity contribution < 1.29 is 22.7 Å². The van der Waals surface area contributed by atoms with Crippen LogP contribution in [0.1, 0.15) is 18.4 Å². The number of methoxy groups -OCH3 is 1. The molecule has 1 aliphatic heterocycles. The van der Waals surface area contributed by atoms with Gasteiger partial charge in [-0.1, -0.05) is 0 Å². The number of fused-ring (bicyclic) bond motifs is 1. The number of H-pyrrole nitrogens is 1. The molecule has 0 aliphatic carbocycles. The summed E-state index contributed by atoms with van der Waals surface area (Å²) in [5.74, 6) is -0.936. The van der Waals surface area contributed by atoms with E-state index < -0.39 is 18.5 Å². The Morgan fingerprint density at radius 3 is 2.92 bits per heavy atom. The lowest BCUT2D eigenvalue weighted by atomic mass is 10.0. The Morgan fingerprint density at radius 2 is 2.21 bits per heavy atom. The zero-order valence-electron chi connectivity index (χ0n) is 13.3. The van der Waals surface area contributed by atoms with Crippen molar-refractivity contribution in [3.05, 3.63) is 30.0 Å². The fraction of sp³-hybridized carbons (Fsp3) is 0.471. The second kappa shape index (κ2) is 6.47. The first-order chi connectivity index (χ1) is 11.4. The van der Waals surface area contributed by atoms with Gasteiger partial charge in [-0.2, -0.15) is 13.2 Å². The molecule has 7 heteroatoms. The largest absolute Gasteiger partial charge is 0.497 e. The number of aromatic nitrogens is 1. The molecule has 0 radical (unpaired) electrons. The molecule has 1 aromatic heterocycles. The number of likely N-dealkylation sites (tertiary alicyclic amines) is 1. The summed E-state index contributed by atoms with van der Waals surface area (Å²) in [4.78, 5) is 16.1. The third-order valence-electron chi connectivity index (χ3n) is 4.59. The minimum Gasteiger partial charge on any atom is -0.497 e. The van der Waals surface area contributed by atoms with Crippen molar-refractivity contribution in [1.82, 2.24) is 9.88 Å². The second-order valence-corrected chi connectivity index (χ2v) is 6.12. The summed E-state index contributed by atoms with van der Waals surface area (Å²) >= 11 is 0. The highest BCUT2D eigenvalue weighted by Crippen LogP contribution is 2.28. The molecule has 1 atom stereocenters. The average Bonchev–Trinajstić information content (AvgIpc) is 3.14. The number of nitrogens with one attached hydrogen (secondary N) is 1. The number of alkyl halides is 3. The van der Waals surface area contributed by atoms with E-state index in [4.69, 9.17) is 4.74 Å². The van der Waals surface area contributed by atoms with Gasteiger partial charge in [-0.15, -0.1) is 0 Å². The smallest absolute Gasteiger partial charge is 0.451 e. The quantitative estimate of drug-likeness (QED) is 0.908. The van der Waals surface area contributed by atoms with Crippen molar-refractivity contribution in [2.75, 3.05) is 20.2 Å². The van der Waals surface area contributed by atoms with Crippen molar-refractivity contribution in [2.24, 2.45) is 0 Å². The minimum absolute atomic E-state index is 0.0542. The highest BCUT2D eigenvalue weighted by Gasteiger charge is 2.40. The van der Waals surface area contributed by atoms with Gasteiger partial charge in [-0.3, -0.25) is 9.69 Å². The maximum Gasteiger partial charge on any atom is 0.451 e. The molecule has 0 saturated carbocycles. The molecule has 0 unspecified atom stereocenters. The maximum absolute atomic E-state index is 12.5. The Kier molecular flexibility index (Phi) is 4.54. The van der Waals surface area contributed by atoms with E-state index in [1.54, 1.807) is 12.0 Å². The number of carbonyl (C=O) groups excluding carboxylic acids is 1. The van der Waals surface area contributed by atoms with Crippen molar-refractivity contribution in [1.29, 1.82) is 0 Å². The van der Waals surface area contributed by atoms with E-state index in [-0.39, 0.29) is 6.04 Å². The lowest BCUT2D eigenvalue weighted by Gasteiger charge is -2.24. The summed E-state index contributed by atoms with van der Waals surface area (Å²) in [5, 5.41) is 1.00. The van der Waals surface area contributed by atoms with Crippen LogP contribution in [0.15, 0.2) is 24.4 Å². The maximum atomic E-state index is 12.5. The number of rotatable bonds is 5. The van der Waals surface area contributed by atoms with Gasteiger partial charge in [0.2, 0.25) is 5.78 Å². The third-order valence-corrected chi connectivity index (χ3v) is 4.59. The number of benzene rings is 1. The predicted molar refractivity (Wildman–Crippen MR) is 84.2 cm³/mol. The molecule has 2 aromatic rings. The number of Topliss-reactive ketones (excluding diaryl/α,β-unsaturated/α-hetero) is 1. The summed E-state index contributed by atoms with van der Waals surface area (Å²) in [5.41, 5.74) is 1.99. The molecule has 24 heavy (non-hydrogen) atoms. The van der Waals surface area contributed by atoms with Crippen molar-refractivity contribution in [3.63, 3.8) is 0 Å². The number of carbonyl (C=O) groups is 1. The zero-order chi connectivity index (χ0) is 17.3. The summed E-state index contributed by atoms with van der Waals surface area (Å²) in [6.45, 7) is -0.0298. The molecular formula is C17H19F3N2O2. The number of hydrogen-bond acceptors (Lipinski definition) is 3. The van der Waals surface area contributed by atoms with Crippen LogP contribution in [-0.2, 0) is 11.2 Å². The van der Waals surface area contributed by atoms with Crippen LogP contribution in [0.25, 0.3) is 10.9 Å². The molecule has 1 fully saturated rings. The Bertz CT molecular complexity index is 739. The highest BCUT2D eigenvalue weighted by atomic mass is 19.4. The predicted octanol–water partition coefficient (Wildman–Crippen LogP) is 3.31. The molecule has 1 N–H and O–H groups in total. The Balaban J connectivity index is 1.76. The van der Waals surface area contributed by atoms with Crippen LogP contribution in [0, 0.1) is 0 Å². The van der Waals surface area contributed by atoms with Crippen LogP contribution in [0.5, 0.6) is 5.75 Å². The van der Waals surface area contributed by atoms with Crippen LogP contribution < -0.4 is 4.74 Å². The Morgan fingerprint density at radius 1 is 1.42 bits per heavy atom. The number of halogens is 3. The van der Waals surface area contributed by atoms with Gasteiger partial charge in [0.25, 0.3) is 0 Å². The van der Waals surface area contributed by atoms with Gasteiger partial charge >= 0.3 is 6.18 Å². The summed E-state index contributed by atoms with van der Waals surface area (Å²) in [6, 6.07) is 5.63. The average molecular weight is 340 g/mol. The fourth-order valence-electron chi connectivity index (χ4n) is 3.32. The Hall–Kier alpha value is -2.02. The number of ether oxygens (including phenoxy) is 1. The lowest BCUT2D eigenvalue weighted by molar-refractivity contribution is -0.172. The summed E-state index contributed by atoms with van der Waals surface area (Å²) in [7, 11) is 1.59. The molecule has 130 valence electrons. The molecule has 4 nitrogen and oxygen atoms in total. The molecule has 3 rings (SSSR count). The van der Waals surface area contributed by atoms with Gasteiger partial charge in [-0.05, 0) is 49.6 Å². The van der Waals surface area contributed by atoms with E-state index in [1.165, 1.54) is 0 Å². The SMILES string of the molecule is COc1ccc2[nH]cc(C[C@H]3CCCN3CC(=O)C(F)(F)F)c2c1. The summed E-state index contributed by atoms with van der Waals surface area (Å²) < 4.78 is 42.7. The van der Waals surface area contributed by atoms with Crippen LogP contribution in [0.2, 0.25) is 0 Å². The van der Waals surface area contributed by atoms with Crippen molar-refractivity contribution in [3.8, 4) is 5.75 Å². The number of aromatic amines is 1. The van der Waals surface area contributed by atoms with E-state index >= 15 is 0 Å². The Labute approximate surface area is 137 Å². The molecular weight excluding hydrogens is 321 g/mol. The monoisotopic (exact) mass is 340 g/mol. The van der Waals surface area contributed by atoms with E-state index in [0.717, 1.165) is 35.1 Å². The number of ketones is 1. The van der Waals surface area contributed by atoms with Crippen molar-refractivity contribution >= 4 is 16.7 Å². The molecule has 1 saturated heterocycles. The van der Waals surface area contributed by atoms with Gasteiger partial charge in [0.15, 0.2) is 0 Å². The van der Waals surface area contributed by atoms with E-state index in [0.29, 0.717) is 13.0 Å². The van der Waals surface area contributed by atoms with Crippen molar-refractivity contribution in [2.45, 2.75) is 31.5 Å². The highest BCUT2D eigenvalue weighted by molar-refractivity contribution is 5.86. The van der Waals surface area contributed by atoms with Gasteiger partial charge in [0.1, 0.15) is 5.75 Å². The second-order valence-electron chi connectivity index (χ2n) is 6.12. The molecule has 0 bridgehead atoms. The number of nitrogens with zero attached hydrogens (tertiary/aromatic N) is 1. The van der Waals surface area contributed by atoms with E-state index in [9.17, 15) is 18.0 Å². The first-order valence-corrected chi connectivity index (χ1v) is 7.86.